The quantitative estimate of drug-likeness (QED) is 0.329. The van der Waals surface area contributed by atoms with Gasteiger partial charge in [-0.25, -0.2) is 16.3 Å². The van der Waals surface area contributed by atoms with E-state index >= 15 is 0 Å². The SMILES string of the molecule is O=C(N/N=C/c1ccc(-c2ccccc2[N+](=O)[O-])o1)C1CC(c2ccccc2)NN1. The van der Waals surface area contributed by atoms with Crippen molar-refractivity contribution in [1.29, 1.82) is 0 Å². The van der Waals surface area contributed by atoms with Gasteiger partial charge in [0.1, 0.15) is 17.6 Å². The second-order valence-electron chi connectivity index (χ2n) is 6.75. The molecular weight excluding hydrogens is 386 g/mol. The molecule has 0 aliphatic carbocycles. The van der Waals surface area contributed by atoms with E-state index in [1.807, 2.05) is 30.3 Å². The second-order valence-corrected chi connectivity index (χ2v) is 6.75. The Morgan fingerprint density at radius 3 is 2.67 bits per heavy atom. The summed E-state index contributed by atoms with van der Waals surface area (Å²) < 4.78 is 5.61. The summed E-state index contributed by atoms with van der Waals surface area (Å²) in [6.45, 7) is 0. The number of hydrogen-bond acceptors (Lipinski definition) is 7. The normalized spacial score (nSPS) is 18.5. The molecule has 3 N–H and O–H groups in total. The predicted octanol–water partition coefficient (Wildman–Crippen LogP) is 2.91. The fourth-order valence-electron chi connectivity index (χ4n) is 3.28. The van der Waals surface area contributed by atoms with E-state index in [2.05, 4.69) is 21.4 Å². The molecule has 2 unspecified atom stereocenters. The number of rotatable bonds is 6. The number of furan rings is 1. The highest BCUT2D eigenvalue weighted by atomic mass is 16.6. The van der Waals surface area contributed by atoms with Crippen LogP contribution in [0.3, 0.4) is 0 Å². The summed E-state index contributed by atoms with van der Waals surface area (Å²) in [6.07, 6.45) is 1.95. The van der Waals surface area contributed by atoms with Gasteiger partial charge in [-0.15, -0.1) is 0 Å². The zero-order valence-corrected chi connectivity index (χ0v) is 15.8. The van der Waals surface area contributed by atoms with Crippen LogP contribution in [0, 0.1) is 10.1 Å². The van der Waals surface area contributed by atoms with Crippen LogP contribution in [0.5, 0.6) is 0 Å². The Balaban J connectivity index is 1.36. The predicted molar refractivity (Wildman–Crippen MR) is 110 cm³/mol. The molecule has 1 fully saturated rings. The van der Waals surface area contributed by atoms with Crippen molar-refractivity contribution in [1.82, 2.24) is 16.3 Å². The van der Waals surface area contributed by atoms with Crippen molar-refractivity contribution in [2.75, 3.05) is 0 Å². The lowest BCUT2D eigenvalue weighted by molar-refractivity contribution is -0.384. The van der Waals surface area contributed by atoms with Gasteiger partial charge < -0.3 is 4.42 Å². The number of hydrazone groups is 1. The van der Waals surface area contributed by atoms with Gasteiger partial charge in [-0.3, -0.25) is 14.9 Å². The third-order valence-electron chi connectivity index (χ3n) is 4.78. The summed E-state index contributed by atoms with van der Waals surface area (Å²) in [5.74, 6) is 0.438. The summed E-state index contributed by atoms with van der Waals surface area (Å²) in [7, 11) is 0. The molecule has 4 rings (SSSR count). The van der Waals surface area contributed by atoms with Crippen LogP contribution in [0.2, 0.25) is 0 Å². The Morgan fingerprint density at radius 1 is 1.10 bits per heavy atom. The minimum atomic E-state index is -0.461. The van der Waals surface area contributed by atoms with Gasteiger partial charge in [0.15, 0.2) is 0 Å². The van der Waals surface area contributed by atoms with Crippen molar-refractivity contribution in [2.24, 2.45) is 5.10 Å². The van der Waals surface area contributed by atoms with Crippen molar-refractivity contribution in [3.05, 3.63) is 88.2 Å². The van der Waals surface area contributed by atoms with Crippen LogP contribution < -0.4 is 16.3 Å². The average molecular weight is 405 g/mol. The van der Waals surface area contributed by atoms with Crippen LogP contribution in [0.4, 0.5) is 5.69 Å². The minimum absolute atomic E-state index is 0.0419. The van der Waals surface area contributed by atoms with Gasteiger partial charge in [0.25, 0.3) is 11.6 Å². The summed E-state index contributed by atoms with van der Waals surface area (Å²) in [6, 6.07) is 19.0. The lowest BCUT2D eigenvalue weighted by atomic mass is 10.0. The molecule has 3 aromatic rings. The highest BCUT2D eigenvalue weighted by Crippen LogP contribution is 2.30. The number of carbonyl (C=O) groups excluding carboxylic acids is 1. The smallest absolute Gasteiger partial charge is 0.280 e. The van der Waals surface area contributed by atoms with Gasteiger partial charge in [0, 0.05) is 12.1 Å². The summed E-state index contributed by atoms with van der Waals surface area (Å²) in [4.78, 5) is 23.0. The molecule has 0 bridgehead atoms. The number of nitro groups is 1. The van der Waals surface area contributed by atoms with Crippen LogP contribution in [-0.2, 0) is 4.79 Å². The second kappa shape index (κ2) is 8.68. The first kappa shape index (κ1) is 19.5. The Morgan fingerprint density at radius 2 is 1.87 bits per heavy atom. The third-order valence-corrected chi connectivity index (χ3v) is 4.78. The molecule has 0 radical (unpaired) electrons. The molecule has 9 nitrogen and oxygen atoms in total. The van der Waals surface area contributed by atoms with E-state index in [9.17, 15) is 14.9 Å². The molecule has 1 aliphatic rings. The molecular formula is C21H19N5O4. The summed E-state index contributed by atoms with van der Waals surface area (Å²) in [5.41, 5.74) is 10.00. The largest absolute Gasteiger partial charge is 0.455 e. The molecule has 2 atom stereocenters. The summed E-state index contributed by atoms with van der Waals surface area (Å²) >= 11 is 0. The maximum Gasteiger partial charge on any atom is 0.280 e. The van der Waals surface area contributed by atoms with Gasteiger partial charge in [-0.1, -0.05) is 42.5 Å². The van der Waals surface area contributed by atoms with Crippen LogP contribution in [0.15, 0.2) is 76.2 Å². The number of hydrogen-bond donors (Lipinski definition) is 3. The first-order chi connectivity index (χ1) is 14.6. The molecule has 1 aromatic heterocycles. The van der Waals surface area contributed by atoms with E-state index in [1.54, 1.807) is 30.3 Å². The molecule has 2 heterocycles. The van der Waals surface area contributed by atoms with E-state index in [0.717, 1.165) is 5.56 Å². The highest BCUT2D eigenvalue weighted by molar-refractivity contribution is 5.84. The lowest BCUT2D eigenvalue weighted by Crippen LogP contribution is -2.41. The number of nitrogens with zero attached hydrogens (tertiary/aromatic N) is 2. The van der Waals surface area contributed by atoms with Crippen molar-refractivity contribution in [3.63, 3.8) is 0 Å². The zero-order chi connectivity index (χ0) is 20.9. The molecule has 1 saturated heterocycles. The minimum Gasteiger partial charge on any atom is -0.455 e. The fraction of sp³-hybridized carbons (Fsp3) is 0.143. The van der Waals surface area contributed by atoms with Gasteiger partial charge in [0.2, 0.25) is 0 Å². The van der Waals surface area contributed by atoms with E-state index < -0.39 is 11.0 Å². The van der Waals surface area contributed by atoms with Gasteiger partial charge >= 0.3 is 0 Å². The van der Waals surface area contributed by atoms with Crippen molar-refractivity contribution >= 4 is 17.8 Å². The Hall–Kier alpha value is -3.82. The van der Waals surface area contributed by atoms with Gasteiger partial charge in [-0.2, -0.15) is 5.10 Å². The highest BCUT2D eigenvalue weighted by Gasteiger charge is 2.29. The Kier molecular flexibility index (Phi) is 5.64. The van der Waals surface area contributed by atoms with E-state index in [0.29, 0.717) is 23.5 Å². The monoisotopic (exact) mass is 405 g/mol. The topological polar surface area (TPSA) is 122 Å². The van der Waals surface area contributed by atoms with Gasteiger partial charge in [-0.05, 0) is 30.2 Å². The van der Waals surface area contributed by atoms with E-state index in [-0.39, 0.29) is 17.6 Å². The molecule has 9 heteroatoms. The molecule has 0 spiro atoms. The van der Waals surface area contributed by atoms with Crippen LogP contribution >= 0.6 is 0 Å². The maximum atomic E-state index is 12.3. The molecule has 0 saturated carbocycles. The first-order valence-electron chi connectivity index (χ1n) is 9.34. The Bertz CT molecular complexity index is 1080. The number of carbonyl (C=O) groups is 1. The molecule has 1 amide bonds. The number of benzene rings is 2. The molecule has 2 aromatic carbocycles. The van der Waals surface area contributed by atoms with Crippen LogP contribution in [0.1, 0.15) is 23.8 Å². The first-order valence-corrected chi connectivity index (χ1v) is 9.34. The van der Waals surface area contributed by atoms with Crippen molar-refractivity contribution < 1.29 is 14.1 Å². The van der Waals surface area contributed by atoms with E-state index in [1.165, 1.54) is 12.3 Å². The fourth-order valence-corrected chi connectivity index (χ4v) is 3.28. The number of para-hydroxylation sites is 1. The van der Waals surface area contributed by atoms with E-state index in [4.69, 9.17) is 4.42 Å². The lowest BCUT2D eigenvalue weighted by Gasteiger charge is -2.08. The standard InChI is InChI=1S/C21H19N5O4/c27-21(18-12-17(23-24-18)14-6-2-1-3-7-14)25-22-13-15-10-11-20(30-15)16-8-4-5-9-19(16)26(28)29/h1-11,13,17-18,23-24H,12H2,(H,25,27)/b22-13+. The van der Waals surface area contributed by atoms with Crippen LogP contribution in [0.25, 0.3) is 11.3 Å². The maximum absolute atomic E-state index is 12.3. The van der Waals surface area contributed by atoms with Gasteiger partial charge in [0.05, 0.1) is 16.7 Å². The molecule has 30 heavy (non-hydrogen) atoms. The number of hydrazine groups is 1. The molecule has 152 valence electrons. The van der Waals surface area contributed by atoms with Crippen LogP contribution in [-0.4, -0.2) is 23.1 Å². The van der Waals surface area contributed by atoms with Crippen molar-refractivity contribution in [2.45, 2.75) is 18.5 Å². The average Bonchev–Trinajstić information content (AvgIpc) is 3.44. The van der Waals surface area contributed by atoms with Crippen molar-refractivity contribution in [3.8, 4) is 11.3 Å². The molecule has 1 aliphatic heterocycles. The Labute approximate surface area is 171 Å². The number of nitrogens with one attached hydrogen (secondary N) is 3. The third kappa shape index (κ3) is 4.27. The zero-order valence-electron chi connectivity index (χ0n) is 15.8. The number of amides is 1. The number of nitro benzene ring substituents is 1. The summed E-state index contributed by atoms with van der Waals surface area (Å²) in [5, 5.41) is 15.1.